The van der Waals surface area contributed by atoms with Gasteiger partial charge in [0.1, 0.15) is 5.82 Å². The number of anilines is 3. The van der Waals surface area contributed by atoms with Gasteiger partial charge in [0, 0.05) is 37.5 Å². The first-order valence-corrected chi connectivity index (χ1v) is 9.24. The average molecular weight is 365 g/mol. The predicted molar refractivity (Wildman–Crippen MR) is 107 cm³/mol. The van der Waals surface area contributed by atoms with E-state index in [0.717, 1.165) is 35.2 Å². The van der Waals surface area contributed by atoms with Gasteiger partial charge in [-0.1, -0.05) is 12.8 Å². The molecule has 0 spiro atoms. The van der Waals surface area contributed by atoms with Gasteiger partial charge in [0.05, 0.1) is 17.2 Å². The molecule has 7 heteroatoms. The van der Waals surface area contributed by atoms with Crippen LogP contribution in [0.25, 0.3) is 11.0 Å². The quantitative estimate of drug-likeness (QED) is 0.741. The van der Waals surface area contributed by atoms with Gasteiger partial charge in [-0.15, -0.1) is 0 Å². The van der Waals surface area contributed by atoms with E-state index in [0.29, 0.717) is 5.82 Å². The van der Waals surface area contributed by atoms with E-state index < -0.39 is 0 Å². The van der Waals surface area contributed by atoms with E-state index in [2.05, 4.69) is 15.6 Å². The molecule has 0 bridgehead atoms. The third-order valence-electron chi connectivity index (χ3n) is 5.14. The molecule has 1 aliphatic rings. The molecule has 2 N–H and O–H groups in total. The minimum atomic E-state index is -0.100. The standard InChI is InChI=1S/C20H23N5O2/c1-13(26)22-14-7-9-15(10-8-14)23-19-11-17-18(12-21-19)24(2)20(27)25(17)16-5-3-4-6-16/h7-12,16H,3-6H2,1-2H3,(H,21,23)(H,22,26). The molecule has 2 aromatic heterocycles. The average Bonchev–Trinajstić information content (AvgIpc) is 3.24. The van der Waals surface area contributed by atoms with Gasteiger partial charge in [-0.05, 0) is 37.1 Å². The highest BCUT2D eigenvalue weighted by molar-refractivity contribution is 5.89. The van der Waals surface area contributed by atoms with Crippen LogP contribution in [0.1, 0.15) is 38.6 Å². The zero-order chi connectivity index (χ0) is 19.0. The van der Waals surface area contributed by atoms with Crippen LogP contribution in [0.2, 0.25) is 0 Å². The molecule has 1 aromatic carbocycles. The van der Waals surface area contributed by atoms with Crippen molar-refractivity contribution >= 4 is 34.1 Å². The lowest BCUT2D eigenvalue weighted by Gasteiger charge is -2.12. The first-order chi connectivity index (χ1) is 13.0. The third-order valence-corrected chi connectivity index (χ3v) is 5.14. The van der Waals surface area contributed by atoms with Crippen molar-refractivity contribution in [2.75, 3.05) is 10.6 Å². The van der Waals surface area contributed by atoms with Crippen LogP contribution in [-0.4, -0.2) is 20.0 Å². The number of rotatable bonds is 4. The lowest BCUT2D eigenvalue weighted by Crippen LogP contribution is -2.24. The Morgan fingerprint density at radius 2 is 1.78 bits per heavy atom. The Balaban J connectivity index is 1.66. The summed E-state index contributed by atoms with van der Waals surface area (Å²) in [7, 11) is 1.80. The van der Waals surface area contributed by atoms with E-state index in [4.69, 9.17) is 0 Å². The topological polar surface area (TPSA) is 81.0 Å². The van der Waals surface area contributed by atoms with Crippen molar-refractivity contribution in [3.8, 4) is 0 Å². The summed E-state index contributed by atoms with van der Waals surface area (Å²) in [6, 6.07) is 9.64. The van der Waals surface area contributed by atoms with E-state index in [-0.39, 0.29) is 17.6 Å². The molecule has 0 unspecified atom stereocenters. The number of benzene rings is 1. The first-order valence-electron chi connectivity index (χ1n) is 9.24. The smallest absolute Gasteiger partial charge is 0.329 e. The summed E-state index contributed by atoms with van der Waals surface area (Å²) in [5.74, 6) is 0.587. The second-order valence-corrected chi connectivity index (χ2v) is 7.09. The zero-order valence-electron chi connectivity index (χ0n) is 15.5. The molecule has 0 saturated heterocycles. The van der Waals surface area contributed by atoms with Crippen LogP contribution < -0.4 is 16.3 Å². The maximum absolute atomic E-state index is 12.7. The Kier molecular flexibility index (Phi) is 4.43. The fourth-order valence-electron chi connectivity index (χ4n) is 3.83. The van der Waals surface area contributed by atoms with Crippen LogP contribution >= 0.6 is 0 Å². The second kappa shape index (κ2) is 6.90. The third kappa shape index (κ3) is 3.32. The predicted octanol–water partition coefficient (Wildman–Crippen LogP) is 3.55. The van der Waals surface area contributed by atoms with Crippen molar-refractivity contribution in [2.24, 2.45) is 7.05 Å². The van der Waals surface area contributed by atoms with E-state index in [1.807, 2.05) is 34.9 Å². The van der Waals surface area contributed by atoms with E-state index in [1.54, 1.807) is 17.8 Å². The lowest BCUT2D eigenvalue weighted by molar-refractivity contribution is -0.114. The minimum absolute atomic E-state index is 0.0236. The van der Waals surface area contributed by atoms with E-state index in [1.165, 1.54) is 19.8 Å². The molecule has 0 radical (unpaired) electrons. The van der Waals surface area contributed by atoms with Crippen molar-refractivity contribution in [2.45, 2.75) is 38.6 Å². The Hall–Kier alpha value is -3.09. The number of amides is 1. The number of hydrogen-bond acceptors (Lipinski definition) is 4. The Morgan fingerprint density at radius 3 is 2.44 bits per heavy atom. The van der Waals surface area contributed by atoms with Crippen molar-refractivity contribution in [1.82, 2.24) is 14.1 Å². The Labute approximate surface area is 157 Å². The highest BCUT2D eigenvalue weighted by Crippen LogP contribution is 2.31. The molecule has 3 aromatic rings. The number of fused-ring (bicyclic) bond motifs is 1. The van der Waals surface area contributed by atoms with Crippen molar-refractivity contribution in [1.29, 1.82) is 0 Å². The summed E-state index contributed by atoms with van der Waals surface area (Å²) in [5, 5.41) is 6.02. The van der Waals surface area contributed by atoms with Crippen molar-refractivity contribution in [3.63, 3.8) is 0 Å². The summed E-state index contributed by atoms with van der Waals surface area (Å²) in [6.45, 7) is 1.48. The SMILES string of the molecule is CC(=O)Nc1ccc(Nc2cc3c(cn2)n(C)c(=O)n3C2CCCC2)cc1. The molecular formula is C20H23N5O2. The molecular weight excluding hydrogens is 342 g/mol. The van der Waals surface area contributed by atoms with Gasteiger partial charge in [-0.2, -0.15) is 0 Å². The van der Waals surface area contributed by atoms with Gasteiger partial charge >= 0.3 is 5.69 Å². The van der Waals surface area contributed by atoms with E-state index in [9.17, 15) is 9.59 Å². The highest BCUT2D eigenvalue weighted by atomic mass is 16.2. The second-order valence-electron chi connectivity index (χ2n) is 7.09. The number of nitrogens with one attached hydrogen (secondary N) is 2. The van der Waals surface area contributed by atoms with Gasteiger partial charge in [0.2, 0.25) is 5.91 Å². The molecule has 1 amide bonds. The molecule has 0 aliphatic heterocycles. The number of aromatic nitrogens is 3. The molecule has 1 fully saturated rings. The summed E-state index contributed by atoms with van der Waals surface area (Å²) in [5.41, 5.74) is 3.40. The number of carbonyl (C=O) groups excluding carboxylic acids is 1. The number of imidazole rings is 1. The van der Waals surface area contributed by atoms with Gasteiger partial charge < -0.3 is 10.6 Å². The molecule has 1 saturated carbocycles. The van der Waals surface area contributed by atoms with Gasteiger partial charge in [-0.25, -0.2) is 9.78 Å². The number of aryl methyl sites for hydroxylation is 1. The molecule has 0 atom stereocenters. The molecule has 7 nitrogen and oxygen atoms in total. The summed E-state index contributed by atoms with van der Waals surface area (Å²) >= 11 is 0. The molecule has 140 valence electrons. The Morgan fingerprint density at radius 1 is 1.11 bits per heavy atom. The minimum Gasteiger partial charge on any atom is -0.340 e. The van der Waals surface area contributed by atoms with Crippen LogP contribution in [-0.2, 0) is 11.8 Å². The van der Waals surface area contributed by atoms with Crippen LogP contribution in [0.3, 0.4) is 0 Å². The molecule has 4 rings (SSSR count). The van der Waals surface area contributed by atoms with Crippen LogP contribution in [0.15, 0.2) is 41.3 Å². The maximum atomic E-state index is 12.7. The maximum Gasteiger partial charge on any atom is 0.329 e. The first kappa shape index (κ1) is 17.3. The van der Waals surface area contributed by atoms with Gasteiger partial charge in [0.15, 0.2) is 0 Å². The normalized spacial score (nSPS) is 14.6. The van der Waals surface area contributed by atoms with Crippen molar-refractivity contribution in [3.05, 3.63) is 47.0 Å². The fraction of sp³-hybridized carbons (Fsp3) is 0.350. The summed E-state index contributed by atoms with van der Waals surface area (Å²) < 4.78 is 3.60. The van der Waals surface area contributed by atoms with Crippen LogP contribution in [0.5, 0.6) is 0 Å². The monoisotopic (exact) mass is 365 g/mol. The summed E-state index contributed by atoms with van der Waals surface area (Å²) in [6.07, 6.45) is 6.19. The zero-order valence-corrected chi connectivity index (χ0v) is 15.5. The lowest BCUT2D eigenvalue weighted by atomic mass is 10.2. The molecule has 27 heavy (non-hydrogen) atoms. The fourth-order valence-corrected chi connectivity index (χ4v) is 3.83. The largest absolute Gasteiger partial charge is 0.340 e. The van der Waals surface area contributed by atoms with Gasteiger partial charge in [0.25, 0.3) is 0 Å². The van der Waals surface area contributed by atoms with Crippen LogP contribution in [0, 0.1) is 0 Å². The van der Waals surface area contributed by atoms with Gasteiger partial charge in [-0.3, -0.25) is 13.9 Å². The number of carbonyl (C=O) groups is 1. The summed E-state index contributed by atoms with van der Waals surface area (Å²) in [4.78, 5) is 28.3. The van der Waals surface area contributed by atoms with E-state index >= 15 is 0 Å². The van der Waals surface area contributed by atoms with Crippen LogP contribution in [0.4, 0.5) is 17.2 Å². The van der Waals surface area contributed by atoms with Crippen molar-refractivity contribution < 1.29 is 4.79 Å². The number of pyridine rings is 1. The molecule has 2 heterocycles. The molecule has 1 aliphatic carbocycles. The highest BCUT2D eigenvalue weighted by Gasteiger charge is 2.23. The number of nitrogens with zero attached hydrogens (tertiary/aromatic N) is 3. The Bertz CT molecular complexity index is 1040. The number of hydrogen-bond donors (Lipinski definition) is 2.